The first-order valence-electron chi connectivity index (χ1n) is 8.58. The molecule has 2 atom stereocenters. The van der Waals surface area contributed by atoms with Crippen LogP contribution in [-0.2, 0) is 9.53 Å². The SMILES string of the molecule is Cc1cc(C)cc(N2CC[C@@H](NC(=O)NC[C@@H]3CCCO3)C2=O)c1. The second kappa shape index (κ2) is 7.21. The van der Waals surface area contributed by atoms with Crippen LogP contribution in [-0.4, -0.2) is 43.8 Å². The number of amides is 3. The lowest BCUT2D eigenvalue weighted by atomic mass is 10.1. The van der Waals surface area contributed by atoms with Gasteiger partial charge < -0.3 is 20.3 Å². The lowest BCUT2D eigenvalue weighted by molar-refractivity contribution is -0.118. The third-order valence-electron chi connectivity index (χ3n) is 4.54. The molecule has 3 rings (SSSR count). The van der Waals surface area contributed by atoms with Gasteiger partial charge in [0.15, 0.2) is 0 Å². The van der Waals surface area contributed by atoms with Gasteiger partial charge in [0.2, 0.25) is 5.91 Å². The number of urea groups is 1. The van der Waals surface area contributed by atoms with E-state index in [0.717, 1.165) is 36.3 Å². The number of nitrogens with zero attached hydrogens (tertiary/aromatic N) is 1. The summed E-state index contributed by atoms with van der Waals surface area (Å²) in [6.07, 6.45) is 2.74. The van der Waals surface area contributed by atoms with E-state index in [0.29, 0.717) is 19.5 Å². The quantitative estimate of drug-likeness (QED) is 0.885. The Morgan fingerprint density at radius 3 is 2.67 bits per heavy atom. The Balaban J connectivity index is 1.54. The van der Waals surface area contributed by atoms with Crippen molar-refractivity contribution in [3.63, 3.8) is 0 Å². The number of ether oxygens (including phenoxy) is 1. The summed E-state index contributed by atoms with van der Waals surface area (Å²) in [5.41, 5.74) is 3.16. The molecule has 2 N–H and O–H groups in total. The van der Waals surface area contributed by atoms with Crippen molar-refractivity contribution in [2.24, 2.45) is 0 Å². The van der Waals surface area contributed by atoms with Crippen molar-refractivity contribution in [3.8, 4) is 0 Å². The van der Waals surface area contributed by atoms with Crippen LogP contribution in [0.4, 0.5) is 10.5 Å². The van der Waals surface area contributed by atoms with Crippen LogP contribution in [0.2, 0.25) is 0 Å². The molecule has 0 unspecified atom stereocenters. The molecule has 1 aromatic rings. The Morgan fingerprint density at radius 1 is 1.25 bits per heavy atom. The minimum absolute atomic E-state index is 0.0488. The first kappa shape index (κ1) is 16.8. The summed E-state index contributed by atoms with van der Waals surface area (Å²) < 4.78 is 5.47. The van der Waals surface area contributed by atoms with E-state index in [9.17, 15) is 9.59 Å². The largest absolute Gasteiger partial charge is 0.376 e. The summed E-state index contributed by atoms with van der Waals surface area (Å²) >= 11 is 0. The average molecular weight is 331 g/mol. The number of hydrogen-bond donors (Lipinski definition) is 2. The number of carbonyl (C=O) groups excluding carboxylic acids is 2. The fourth-order valence-corrected chi connectivity index (χ4v) is 3.40. The maximum Gasteiger partial charge on any atom is 0.315 e. The van der Waals surface area contributed by atoms with E-state index >= 15 is 0 Å². The monoisotopic (exact) mass is 331 g/mol. The zero-order chi connectivity index (χ0) is 17.1. The highest BCUT2D eigenvalue weighted by atomic mass is 16.5. The predicted molar refractivity (Wildman–Crippen MR) is 92.2 cm³/mol. The molecule has 0 radical (unpaired) electrons. The smallest absolute Gasteiger partial charge is 0.315 e. The van der Waals surface area contributed by atoms with Crippen molar-refractivity contribution in [2.75, 3.05) is 24.6 Å². The van der Waals surface area contributed by atoms with Crippen molar-refractivity contribution >= 4 is 17.6 Å². The van der Waals surface area contributed by atoms with Gasteiger partial charge in [0.25, 0.3) is 0 Å². The van der Waals surface area contributed by atoms with Gasteiger partial charge in [-0.05, 0) is 56.4 Å². The summed E-state index contributed by atoms with van der Waals surface area (Å²) in [6, 6.07) is 5.33. The van der Waals surface area contributed by atoms with Gasteiger partial charge in [0.05, 0.1) is 6.10 Å². The van der Waals surface area contributed by atoms with E-state index in [1.165, 1.54) is 0 Å². The average Bonchev–Trinajstić information content (AvgIpc) is 3.15. The van der Waals surface area contributed by atoms with Crippen LogP contribution in [0.25, 0.3) is 0 Å². The second-order valence-electron chi connectivity index (χ2n) is 6.67. The molecule has 24 heavy (non-hydrogen) atoms. The fraction of sp³-hybridized carbons (Fsp3) is 0.556. The van der Waals surface area contributed by atoms with Crippen LogP contribution in [0.5, 0.6) is 0 Å². The molecule has 3 amide bonds. The van der Waals surface area contributed by atoms with Gasteiger partial charge in [-0.3, -0.25) is 4.79 Å². The molecule has 2 aliphatic rings. The molecule has 130 valence electrons. The van der Waals surface area contributed by atoms with Gasteiger partial charge in [0, 0.05) is 25.4 Å². The summed E-state index contributed by atoms with van der Waals surface area (Å²) in [6.45, 7) is 5.92. The van der Waals surface area contributed by atoms with Crippen molar-refractivity contribution in [1.82, 2.24) is 10.6 Å². The zero-order valence-electron chi connectivity index (χ0n) is 14.3. The van der Waals surface area contributed by atoms with Gasteiger partial charge >= 0.3 is 6.03 Å². The van der Waals surface area contributed by atoms with Crippen LogP contribution in [0.1, 0.15) is 30.4 Å². The van der Waals surface area contributed by atoms with E-state index in [1.807, 2.05) is 26.0 Å². The predicted octanol–water partition coefficient (Wildman–Crippen LogP) is 1.89. The van der Waals surface area contributed by atoms with Gasteiger partial charge in [0.1, 0.15) is 6.04 Å². The van der Waals surface area contributed by atoms with Gasteiger partial charge in [-0.1, -0.05) is 6.07 Å². The van der Waals surface area contributed by atoms with Crippen LogP contribution < -0.4 is 15.5 Å². The minimum Gasteiger partial charge on any atom is -0.376 e. The van der Waals surface area contributed by atoms with Crippen LogP contribution in [0.15, 0.2) is 18.2 Å². The van der Waals surface area contributed by atoms with E-state index < -0.39 is 6.04 Å². The lowest BCUT2D eigenvalue weighted by Gasteiger charge is -2.19. The summed E-state index contributed by atoms with van der Waals surface area (Å²) in [5, 5.41) is 5.58. The zero-order valence-corrected chi connectivity index (χ0v) is 14.3. The molecule has 2 aliphatic heterocycles. The number of aryl methyl sites for hydroxylation is 2. The third-order valence-corrected chi connectivity index (χ3v) is 4.54. The summed E-state index contributed by atoms with van der Waals surface area (Å²) in [5.74, 6) is -0.0488. The molecule has 0 bridgehead atoms. The second-order valence-corrected chi connectivity index (χ2v) is 6.67. The Labute approximate surface area is 142 Å². The first-order valence-corrected chi connectivity index (χ1v) is 8.58. The maximum atomic E-state index is 12.6. The maximum absolute atomic E-state index is 12.6. The minimum atomic E-state index is -0.463. The highest BCUT2D eigenvalue weighted by molar-refractivity contribution is 6.01. The number of hydrogen-bond acceptors (Lipinski definition) is 3. The molecular formula is C18H25N3O3. The molecule has 2 fully saturated rings. The van der Waals surface area contributed by atoms with Crippen molar-refractivity contribution in [1.29, 1.82) is 0 Å². The van der Waals surface area contributed by atoms with Crippen molar-refractivity contribution in [3.05, 3.63) is 29.3 Å². The normalized spacial score (nSPS) is 23.6. The topological polar surface area (TPSA) is 70.7 Å². The molecule has 2 heterocycles. The van der Waals surface area contributed by atoms with E-state index in [2.05, 4.69) is 16.7 Å². The Morgan fingerprint density at radius 2 is 2.00 bits per heavy atom. The number of anilines is 1. The standard InChI is InChI=1S/C18H25N3O3/c1-12-8-13(2)10-14(9-12)21-6-5-16(17(21)22)20-18(23)19-11-15-4-3-7-24-15/h8-10,15-16H,3-7,11H2,1-2H3,(H2,19,20,23)/t15-,16+/m0/s1. The third kappa shape index (κ3) is 3.87. The Kier molecular flexibility index (Phi) is 5.04. The van der Waals surface area contributed by atoms with Crippen LogP contribution in [0.3, 0.4) is 0 Å². The molecule has 6 nitrogen and oxygen atoms in total. The molecule has 0 spiro atoms. The molecular weight excluding hydrogens is 306 g/mol. The number of nitrogens with one attached hydrogen (secondary N) is 2. The molecule has 1 aromatic carbocycles. The molecule has 0 saturated carbocycles. The Hall–Kier alpha value is -2.08. The van der Waals surface area contributed by atoms with Gasteiger partial charge in [-0.15, -0.1) is 0 Å². The summed E-state index contributed by atoms with van der Waals surface area (Å²) in [4.78, 5) is 26.3. The van der Waals surface area contributed by atoms with Gasteiger partial charge in [-0.2, -0.15) is 0 Å². The number of carbonyl (C=O) groups is 2. The van der Waals surface area contributed by atoms with Crippen LogP contribution >= 0.6 is 0 Å². The van der Waals surface area contributed by atoms with Crippen LogP contribution in [0, 0.1) is 13.8 Å². The molecule has 0 aromatic heterocycles. The van der Waals surface area contributed by atoms with Crippen molar-refractivity contribution < 1.29 is 14.3 Å². The molecule has 0 aliphatic carbocycles. The number of benzene rings is 1. The molecule has 2 saturated heterocycles. The summed E-state index contributed by atoms with van der Waals surface area (Å²) in [7, 11) is 0. The van der Waals surface area contributed by atoms with Crippen molar-refractivity contribution in [2.45, 2.75) is 45.3 Å². The number of rotatable bonds is 4. The Bertz CT molecular complexity index is 606. The van der Waals surface area contributed by atoms with Gasteiger partial charge in [-0.25, -0.2) is 4.79 Å². The highest BCUT2D eigenvalue weighted by Crippen LogP contribution is 2.24. The van der Waals surface area contributed by atoms with E-state index in [1.54, 1.807) is 4.90 Å². The first-order chi connectivity index (χ1) is 11.5. The van der Waals surface area contributed by atoms with E-state index in [4.69, 9.17) is 4.74 Å². The molecule has 6 heteroatoms. The fourth-order valence-electron chi connectivity index (χ4n) is 3.40. The van der Waals surface area contributed by atoms with E-state index in [-0.39, 0.29) is 18.0 Å². The highest BCUT2D eigenvalue weighted by Gasteiger charge is 2.33. The lowest BCUT2D eigenvalue weighted by Crippen LogP contribution is -2.47.